The Kier molecular flexibility index (Phi) is 5.91. The zero-order chi connectivity index (χ0) is 12.9. The molecule has 2 N–H and O–H groups in total. The minimum Gasteiger partial charge on any atom is -0.481 e. The molecule has 6 nitrogen and oxygen atoms in total. The Hall–Kier alpha value is -0.660. The van der Waals surface area contributed by atoms with Crippen molar-refractivity contribution in [1.82, 2.24) is 9.03 Å². The van der Waals surface area contributed by atoms with Gasteiger partial charge in [-0.15, -0.1) is 0 Å². The van der Waals surface area contributed by atoms with Gasteiger partial charge in [0.15, 0.2) is 0 Å². The zero-order valence-corrected chi connectivity index (χ0v) is 10.9. The summed E-state index contributed by atoms with van der Waals surface area (Å²) in [5.41, 5.74) is 0. The summed E-state index contributed by atoms with van der Waals surface area (Å²) in [7, 11) is -2.02. The molecule has 1 atom stereocenters. The first-order valence-corrected chi connectivity index (χ1v) is 6.55. The minimum absolute atomic E-state index is 0.0477. The van der Waals surface area contributed by atoms with E-state index in [0.717, 1.165) is 0 Å². The first-order valence-electron chi connectivity index (χ1n) is 5.11. The second-order valence-electron chi connectivity index (χ2n) is 4.17. The molecule has 7 heteroatoms. The van der Waals surface area contributed by atoms with E-state index < -0.39 is 16.2 Å². The summed E-state index contributed by atoms with van der Waals surface area (Å²) < 4.78 is 26.8. The van der Waals surface area contributed by atoms with E-state index in [9.17, 15) is 13.2 Å². The van der Waals surface area contributed by atoms with Crippen LogP contribution in [0.1, 0.15) is 27.2 Å². The zero-order valence-electron chi connectivity index (χ0n) is 10.1. The quantitative estimate of drug-likeness (QED) is 0.681. The van der Waals surface area contributed by atoms with Gasteiger partial charge >= 0.3 is 5.97 Å². The standard InChI is InChI=1S/C9H20N2O4S/c1-7(2)11(4)16(14,15)10-6-8(3)5-9(12)13/h7-8,10H,5-6H2,1-4H3,(H,12,13). The van der Waals surface area contributed by atoms with Crippen molar-refractivity contribution in [3.05, 3.63) is 0 Å². The lowest BCUT2D eigenvalue weighted by molar-refractivity contribution is -0.137. The van der Waals surface area contributed by atoms with Gasteiger partial charge in [-0.2, -0.15) is 12.7 Å². The van der Waals surface area contributed by atoms with Crippen molar-refractivity contribution in [2.24, 2.45) is 5.92 Å². The highest BCUT2D eigenvalue weighted by atomic mass is 32.2. The molecule has 96 valence electrons. The van der Waals surface area contributed by atoms with Crippen LogP contribution in [0.4, 0.5) is 0 Å². The van der Waals surface area contributed by atoms with Gasteiger partial charge in [-0.25, -0.2) is 4.72 Å². The van der Waals surface area contributed by atoms with E-state index in [4.69, 9.17) is 5.11 Å². The van der Waals surface area contributed by atoms with E-state index in [2.05, 4.69) is 4.72 Å². The van der Waals surface area contributed by atoms with Crippen LogP contribution in [0.15, 0.2) is 0 Å². The Morgan fingerprint density at radius 1 is 1.38 bits per heavy atom. The lowest BCUT2D eigenvalue weighted by Gasteiger charge is -2.22. The van der Waals surface area contributed by atoms with Crippen LogP contribution in [0.25, 0.3) is 0 Å². The molecular weight excluding hydrogens is 232 g/mol. The van der Waals surface area contributed by atoms with E-state index >= 15 is 0 Å². The van der Waals surface area contributed by atoms with Gasteiger partial charge in [0.2, 0.25) is 0 Å². The van der Waals surface area contributed by atoms with Gasteiger partial charge in [0.25, 0.3) is 10.2 Å². The molecule has 0 aliphatic rings. The van der Waals surface area contributed by atoms with Crippen molar-refractivity contribution in [3.8, 4) is 0 Å². The highest BCUT2D eigenvalue weighted by Gasteiger charge is 2.20. The first-order chi connectivity index (χ1) is 7.16. The molecule has 0 spiro atoms. The molecule has 0 radical (unpaired) electrons. The van der Waals surface area contributed by atoms with E-state index in [-0.39, 0.29) is 24.9 Å². The molecule has 0 aromatic heterocycles. The molecule has 1 unspecified atom stereocenters. The highest BCUT2D eigenvalue weighted by Crippen LogP contribution is 2.04. The lowest BCUT2D eigenvalue weighted by Crippen LogP contribution is -2.43. The van der Waals surface area contributed by atoms with Crippen LogP contribution >= 0.6 is 0 Å². The van der Waals surface area contributed by atoms with Gasteiger partial charge in [-0.3, -0.25) is 4.79 Å². The summed E-state index contributed by atoms with van der Waals surface area (Å²) in [5.74, 6) is -1.16. The van der Waals surface area contributed by atoms with Crippen LogP contribution in [-0.4, -0.2) is 43.4 Å². The van der Waals surface area contributed by atoms with Gasteiger partial charge in [0.1, 0.15) is 0 Å². The molecule has 16 heavy (non-hydrogen) atoms. The predicted octanol–water partition coefficient (Wildman–Crippen LogP) is 0.272. The number of nitrogens with one attached hydrogen (secondary N) is 1. The predicted molar refractivity (Wildman–Crippen MR) is 61.2 cm³/mol. The average molecular weight is 252 g/mol. The number of carbonyl (C=O) groups is 1. The van der Waals surface area contributed by atoms with Crippen LogP contribution in [-0.2, 0) is 15.0 Å². The maximum atomic E-state index is 11.6. The van der Waals surface area contributed by atoms with Crippen LogP contribution in [0, 0.1) is 5.92 Å². The SMILES string of the molecule is CC(CNS(=O)(=O)N(C)C(C)C)CC(=O)O. The summed E-state index contributed by atoms with van der Waals surface area (Å²) in [6.07, 6.45) is -0.0477. The van der Waals surface area contributed by atoms with Gasteiger partial charge in [0.05, 0.1) is 0 Å². The average Bonchev–Trinajstić information content (AvgIpc) is 2.12. The van der Waals surface area contributed by atoms with E-state index in [1.165, 1.54) is 11.4 Å². The minimum atomic E-state index is -3.50. The topological polar surface area (TPSA) is 86.7 Å². The number of aliphatic carboxylic acids is 1. The van der Waals surface area contributed by atoms with Crippen LogP contribution in [0.5, 0.6) is 0 Å². The molecule has 0 fully saturated rings. The molecular formula is C9H20N2O4S. The Labute approximate surface area is 96.8 Å². The third kappa shape index (κ3) is 5.43. The Morgan fingerprint density at radius 3 is 2.25 bits per heavy atom. The normalized spacial score (nSPS) is 14.4. The first kappa shape index (κ1) is 15.3. The summed E-state index contributed by atoms with van der Waals surface area (Å²) in [4.78, 5) is 10.4. The molecule has 0 saturated heterocycles. The van der Waals surface area contributed by atoms with Crippen LogP contribution in [0.3, 0.4) is 0 Å². The highest BCUT2D eigenvalue weighted by molar-refractivity contribution is 7.87. The Morgan fingerprint density at radius 2 is 1.88 bits per heavy atom. The van der Waals surface area contributed by atoms with Crippen LogP contribution < -0.4 is 4.72 Å². The van der Waals surface area contributed by atoms with E-state index in [0.29, 0.717) is 0 Å². The number of hydrogen-bond donors (Lipinski definition) is 2. The number of carboxylic acids is 1. The molecule has 0 aromatic rings. The fourth-order valence-electron chi connectivity index (χ4n) is 0.997. The van der Waals surface area contributed by atoms with Gasteiger partial charge < -0.3 is 5.11 Å². The molecule has 0 saturated carbocycles. The van der Waals surface area contributed by atoms with Gasteiger partial charge in [-0.05, 0) is 19.8 Å². The summed E-state index contributed by atoms with van der Waals surface area (Å²) in [5, 5.41) is 8.52. The summed E-state index contributed by atoms with van der Waals surface area (Å²) >= 11 is 0. The van der Waals surface area contributed by atoms with E-state index in [1.807, 2.05) is 0 Å². The van der Waals surface area contributed by atoms with Crippen molar-refractivity contribution in [2.75, 3.05) is 13.6 Å². The lowest BCUT2D eigenvalue weighted by atomic mass is 10.1. The number of hydrogen-bond acceptors (Lipinski definition) is 3. The number of carboxylic acid groups (broad SMARTS) is 1. The molecule has 0 aromatic carbocycles. The summed E-state index contributed by atoms with van der Waals surface area (Å²) in [6, 6.07) is -0.132. The monoisotopic (exact) mass is 252 g/mol. The summed E-state index contributed by atoms with van der Waals surface area (Å²) in [6.45, 7) is 5.34. The van der Waals surface area contributed by atoms with Crippen molar-refractivity contribution in [1.29, 1.82) is 0 Å². The third-order valence-electron chi connectivity index (χ3n) is 2.24. The second-order valence-corrected chi connectivity index (χ2v) is 5.98. The number of rotatable bonds is 7. The maximum Gasteiger partial charge on any atom is 0.303 e. The van der Waals surface area contributed by atoms with Crippen molar-refractivity contribution in [3.63, 3.8) is 0 Å². The van der Waals surface area contributed by atoms with Gasteiger partial charge in [-0.1, -0.05) is 6.92 Å². The Balaban J connectivity index is 4.24. The second kappa shape index (κ2) is 6.17. The Bertz CT molecular complexity index is 326. The molecule has 0 heterocycles. The fourth-order valence-corrected chi connectivity index (χ4v) is 2.25. The largest absolute Gasteiger partial charge is 0.481 e. The molecule has 0 aliphatic heterocycles. The molecule has 0 rings (SSSR count). The fraction of sp³-hybridized carbons (Fsp3) is 0.889. The van der Waals surface area contributed by atoms with Crippen LogP contribution in [0.2, 0.25) is 0 Å². The van der Waals surface area contributed by atoms with Gasteiger partial charge in [0, 0.05) is 26.1 Å². The smallest absolute Gasteiger partial charge is 0.303 e. The molecule has 0 bridgehead atoms. The third-order valence-corrected chi connectivity index (χ3v) is 3.95. The molecule has 0 amide bonds. The number of nitrogens with zero attached hydrogens (tertiary/aromatic N) is 1. The van der Waals surface area contributed by atoms with Crippen molar-refractivity contribution >= 4 is 16.2 Å². The van der Waals surface area contributed by atoms with Crippen molar-refractivity contribution in [2.45, 2.75) is 33.2 Å². The molecule has 0 aliphatic carbocycles. The van der Waals surface area contributed by atoms with Crippen molar-refractivity contribution < 1.29 is 18.3 Å². The maximum absolute atomic E-state index is 11.6. The van der Waals surface area contributed by atoms with E-state index in [1.54, 1.807) is 20.8 Å².